The Labute approximate surface area is 138 Å². The summed E-state index contributed by atoms with van der Waals surface area (Å²) < 4.78 is 4.10. The number of benzene rings is 2. The molecule has 0 unspecified atom stereocenters. The third kappa shape index (κ3) is 1.48. The van der Waals surface area contributed by atoms with Crippen molar-refractivity contribution in [2.45, 2.75) is 0 Å². The van der Waals surface area contributed by atoms with Crippen molar-refractivity contribution in [1.29, 1.82) is 0 Å². The Bertz CT molecular complexity index is 1190. The van der Waals surface area contributed by atoms with Gasteiger partial charge in [-0.3, -0.25) is 0 Å². The van der Waals surface area contributed by atoms with E-state index in [9.17, 15) is 0 Å². The predicted octanol–water partition coefficient (Wildman–Crippen LogP) is 5.50. The largest absolute Gasteiger partial charge is 0.301 e. The van der Waals surface area contributed by atoms with E-state index < -0.39 is 0 Å². The number of hydrogen-bond acceptors (Lipinski definition) is 1. The summed E-state index contributed by atoms with van der Waals surface area (Å²) in [6.45, 7) is 7.93. The minimum absolute atomic E-state index is 0.921. The molecule has 0 radical (unpaired) electrons. The molecule has 0 atom stereocenters. The molecule has 0 fully saturated rings. The number of rotatable bonds is 2. The molecule has 3 heterocycles. The maximum atomic E-state index is 4.98. The van der Waals surface area contributed by atoms with Crippen LogP contribution in [-0.4, -0.2) is 14.1 Å². The fourth-order valence-electron chi connectivity index (χ4n) is 3.68. The third-order valence-electron chi connectivity index (χ3n) is 4.71. The monoisotopic (exact) mass is 309 g/mol. The van der Waals surface area contributed by atoms with E-state index in [-0.39, 0.29) is 0 Å². The lowest BCUT2D eigenvalue weighted by atomic mass is 10.1. The minimum Gasteiger partial charge on any atom is -0.301 e. The van der Waals surface area contributed by atoms with Crippen molar-refractivity contribution >= 4 is 56.3 Å². The highest BCUT2D eigenvalue weighted by molar-refractivity contribution is 6.16. The van der Waals surface area contributed by atoms with Crippen molar-refractivity contribution in [3.05, 3.63) is 67.8 Å². The van der Waals surface area contributed by atoms with Crippen LogP contribution in [0.15, 0.2) is 67.8 Å². The van der Waals surface area contributed by atoms with Crippen LogP contribution < -0.4 is 0 Å². The molecule has 5 rings (SSSR count). The maximum Gasteiger partial charge on any atom is 0.147 e. The molecule has 0 saturated carbocycles. The van der Waals surface area contributed by atoms with Gasteiger partial charge in [0, 0.05) is 33.9 Å². The zero-order chi connectivity index (χ0) is 16.3. The van der Waals surface area contributed by atoms with E-state index in [0.717, 1.165) is 33.1 Å². The van der Waals surface area contributed by atoms with Gasteiger partial charge in [-0.05, 0) is 18.2 Å². The van der Waals surface area contributed by atoms with E-state index in [2.05, 4.69) is 64.8 Å². The summed E-state index contributed by atoms with van der Waals surface area (Å²) in [5, 5.41) is 4.67. The molecular weight excluding hydrogens is 294 g/mol. The van der Waals surface area contributed by atoms with Gasteiger partial charge in [-0.15, -0.1) is 0 Å². The highest BCUT2D eigenvalue weighted by Gasteiger charge is 2.15. The van der Waals surface area contributed by atoms with Gasteiger partial charge < -0.3 is 9.13 Å². The lowest BCUT2D eigenvalue weighted by molar-refractivity contribution is 1.19. The van der Waals surface area contributed by atoms with Crippen molar-refractivity contribution in [1.82, 2.24) is 14.1 Å². The molecule has 0 amide bonds. The number of hydrogen-bond donors (Lipinski definition) is 0. The summed E-state index contributed by atoms with van der Waals surface area (Å²) in [7, 11) is 0. The van der Waals surface area contributed by atoms with E-state index in [1.54, 1.807) is 0 Å². The molecule has 3 aromatic heterocycles. The highest BCUT2D eigenvalue weighted by Crippen LogP contribution is 2.34. The van der Waals surface area contributed by atoms with Gasteiger partial charge in [-0.2, -0.15) is 0 Å². The van der Waals surface area contributed by atoms with Crippen molar-refractivity contribution in [2.75, 3.05) is 0 Å². The van der Waals surface area contributed by atoms with E-state index in [1.165, 1.54) is 10.8 Å². The molecule has 3 nitrogen and oxygen atoms in total. The first-order valence-electron chi connectivity index (χ1n) is 7.91. The standard InChI is InChI=1S/C21H15N3/c1-3-23-18-11-7-5-9-14(18)16-13-17-15-10-6-8-12-19(15)24(4-2)21(17)22-20(16)23/h3-13H,1-2H2. The van der Waals surface area contributed by atoms with Crippen LogP contribution in [0.25, 0.3) is 56.3 Å². The molecule has 0 spiro atoms. The van der Waals surface area contributed by atoms with Crippen molar-refractivity contribution in [3.63, 3.8) is 0 Å². The predicted molar refractivity (Wildman–Crippen MR) is 103 cm³/mol. The molecule has 5 aromatic rings. The van der Waals surface area contributed by atoms with Crippen molar-refractivity contribution in [2.24, 2.45) is 0 Å². The first kappa shape index (κ1) is 13.1. The molecule has 0 aliphatic carbocycles. The lowest BCUT2D eigenvalue weighted by Crippen LogP contribution is -1.91. The summed E-state index contributed by atoms with van der Waals surface area (Å²) in [6.07, 6.45) is 3.65. The second kappa shape index (κ2) is 4.59. The van der Waals surface area contributed by atoms with Gasteiger partial charge in [0.1, 0.15) is 11.3 Å². The molecule has 0 bridgehead atoms. The summed E-state index contributed by atoms with van der Waals surface area (Å²) >= 11 is 0. The number of nitrogens with zero attached hydrogens (tertiary/aromatic N) is 3. The zero-order valence-corrected chi connectivity index (χ0v) is 13.1. The molecule has 114 valence electrons. The summed E-state index contributed by atoms with van der Waals surface area (Å²) in [5.74, 6) is 0. The number of pyridine rings is 1. The Morgan fingerprint density at radius 2 is 1.12 bits per heavy atom. The second-order valence-electron chi connectivity index (χ2n) is 5.87. The van der Waals surface area contributed by atoms with Gasteiger partial charge in [0.2, 0.25) is 0 Å². The van der Waals surface area contributed by atoms with Gasteiger partial charge in [0.25, 0.3) is 0 Å². The highest BCUT2D eigenvalue weighted by atomic mass is 15.1. The average molecular weight is 309 g/mol. The van der Waals surface area contributed by atoms with Crippen LogP contribution in [-0.2, 0) is 0 Å². The van der Waals surface area contributed by atoms with E-state index >= 15 is 0 Å². The Morgan fingerprint density at radius 1 is 0.667 bits per heavy atom. The molecule has 3 heteroatoms. The van der Waals surface area contributed by atoms with Crippen molar-refractivity contribution < 1.29 is 0 Å². The van der Waals surface area contributed by atoms with Crippen LogP contribution >= 0.6 is 0 Å². The molecule has 0 saturated heterocycles. The van der Waals surface area contributed by atoms with Gasteiger partial charge >= 0.3 is 0 Å². The van der Waals surface area contributed by atoms with Crippen LogP contribution in [0.2, 0.25) is 0 Å². The number of fused-ring (bicyclic) bond motifs is 6. The smallest absolute Gasteiger partial charge is 0.147 e. The molecular formula is C21H15N3. The summed E-state index contributed by atoms with van der Waals surface area (Å²) in [5.41, 5.74) is 4.09. The number of aromatic nitrogens is 3. The van der Waals surface area contributed by atoms with Gasteiger partial charge in [-0.25, -0.2) is 4.98 Å². The van der Waals surface area contributed by atoms with Crippen LogP contribution in [0.1, 0.15) is 0 Å². The van der Waals surface area contributed by atoms with Gasteiger partial charge in [0.15, 0.2) is 0 Å². The Hall–Kier alpha value is -3.33. The first-order valence-corrected chi connectivity index (χ1v) is 7.91. The Morgan fingerprint density at radius 3 is 1.58 bits per heavy atom. The zero-order valence-electron chi connectivity index (χ0n) is 13.1. The minimum atomic E-state index is 0.921. The van der Waals surface area contributed by atoms with Crippen LogP contribution in [0.4, 0.5) is 0 Å². The Kier molecular flexibility index (Phi) is 2.51. The maximum absolute atomic E-state index is 4.98. The average Bonchev–Trinajstić information content (AvgIpc) is 3.11. The summed E-state index contributed by atoms with van der Waals surface area (Å²) in [6, 6.07) is 18.9. The van der Waals surface area contributed by atoms with Crippen LogP contribution in [0.5, 0.6) is 0 Å². The molecule has 24 heavy (non-hydrogen) atoms. The van der Waals surface area contributed by atoms with E-state index in [4.69, 9.17) is 4.98 Å². The SMILES string of the molecule is C=Cn1c2ccccc2c2cc3c4ccccc4n(C=C)c3nc21. The van der Waals surface area contributed by atoms with Crippen molar-refractivity contribution in [3.8, 4) is 0 Å². The second-order valence-corrected chi connectivity index (χ2v) is 5.87. The molecule has 0 aliphatic heterocycles. The normalized spacial score (nSPS) is 11.7. The number of para-hydroxylation sites is 2. The van der Waals surface area contributed by atoms with Gasteiger partial charge in [0.05, 0.1) is 11.0 Å². The van der Waals surface area contributed by atoms with E-state index in [1.807, 2.05) is 24.5 Å². The fraction of sp³-hybridized carbons (Fsp3) is 0. The van der Waals surface area contributed by atoms with Crippen LogP contribution in [0.3, 0.4) is 0 Å². The third-order valence-corrected chi connectivity index (χ3v) is 4.71. The first-order chi connectivity index (χ1) is 11.8. The van der Waals surface area contributed by atoms with E-state index in [0.29, 0.717) is 0 Å². The quantitative estimate of drug-likeness (QED) is 0.422. The lowest BCUT2D eigenvalue weighted by Gasteiger charge is -2.01. The topological polar surface area (TPSA) is 22.8 Å². The molecule has 0 N–H and O–H groups in total. The van der Waals surface area contributed by atoms with Crippen LogP contribution in [0, 0.1) is 0 Å². The molecule has 2 aromatic carbocycles. The summed E-state index contributed by atoms with van der Waals surface area (Å²) in [4.78, 5) is 4.98. The van der Waals surface area contributed by atoms with Gasteiger partial charge in [-0.1, -0.05) is 49.6 Å². The Balaban J connectivity index is 2.11. The molecule has 0 aliphatic rings. The fourth-order valence-corrected chi connectivity index (χ4v) is 3.68.